The van der Waals surface area contributed by atoms with Crippen molar-refractivity contribution in [2.45, 2.75) is 0 Å². The van der Waals surface area contributed by atoms with Crippen molar-refractivity contribution in [2.24, 2.45) is 0 Å². The Kier molecular flexibility index (Phi) is 4.42. The molecule has 0 bridgehead atoms. The number of benzene rings is 2. The fourth-order valence-corrected chi connectivity index (χ4v) is 2.69. The van der Waals surface area contributed by atoms with E-state index in [9.17, 15) is 10.1 Å². The Bertz CT molecular complexity index is 1070. The van der Waals surface area contributed by atoms with Crippen LogP contribution in [0.1, 0.15) is 27.2 Å². The van der Waals surface area contributed by atoms with E-state index in [-0.39, 0.29) is 22.7 Å². The van der Waals surface area contributed by atoms with Gasteiger partial charge in [0.2, 0.25) is 5.78 Å². The monoisotopic (exact) mass is 342 g/mol. The lowest BCUT2D eigenvalue weighted by molar-refractivity contribution is 0.103. The molecule has 126 valence electrons. The van der Waals surface area contributed by atoms with Gasteiger partial charge in [-0.1, -0.05) is 12.1 Å². The number of carbonyl (C=O) groups excluding carboxylic acids is 1. The third-order valence-corrected chi connectivity index (χ3v) is 4.00. The molecule has 0 aliphatic heterocycles. The van der Waals surface area contributed by atoms with Gasteiger partial charge in [-0.25, -0.2) is 0 Å². The summed E-state index contributed by atoms with van der Waals surface area (Å²) in [6, 6.07) is 17.4. The highest BCUT2D eigenvalue weighted by atomic mass is 16.5. The Morgan fingerprint density at radius 2 is 1.77 bits per heavy atom. The normalized spacial score (nSPS) is 9.96. The SMILES string of the molecule is COc1ccccc1-n1cc(C#N)c(N)c1C(=O)c1ccc(C#N)cc1. The number of anilines is 1. The third kappa shape index (κ3) is 2.77. The van der Waals surface area contributed by atoms with E-state index in [2.05, 4.69) is 0 Å². The van der Waals surface area contributed by atoms with Crippen molar-refractivity contribution in [3.63, 3.8) is 0 Å². The number of rotatable bonds is 4. The van der Waals surface area contributed by atoms with Crippen LogP contribution in [-0.4, -0.2) is 17.5 Å². The van der Waals surface area contributed by atoms with Crippen molar-refractivity contribution >= 4 is 11.5 Å². The number of nitriles is 2. The van der Waals surface area contributed by atoms with Crippen LogP contribution in [0.5, 0.6) is 5.75 Å². The molecule has 0 aliphatic carbocycles. The summed E-state index contributed by atoms with van der Waals surface area (Å²) in [5, 5.41) is 18.2. The van der Waals surface area contributed by atoms with E-state index in [0.29, 0.717) is 22.6 Å². The van der Waals surface area contributed by atoms with Crippen molar-refractivity contribution in [1.82, 2.24) is 4.57 Å². The molecular weight excluding hydrogens is 328 g/mol. The number of hydrogen-bond acceptors (Lipinski definition) is 5. The van der Waals surface area contributed by atoms with Crippen LogP contribution in [0, 0.1) is 22.7 Å². The molecule has 6 nitrogen and oxygen atoms in total. The molecule has 0 aliphatic rings. The Morgan fingerprint density at radius 1 is 1.08 bits per heavy atom. The Labute approximate surface area is 150 Å². The number of ether oxygens (including phenoxy) is 1. The standard InChI is InChI=1S/C20H14N4O2/c1-26-17-5-3-2-4-16(17)24-12-15(11-22)18(23)19(24)20(25)14-8-6-13(10-21)7-9-14/h2-9,12H,23H2,1H3. The molecule has 3 rings (SSSR count). The second-order valence-corrected chi connectivity index (χ2v) is 5.48. The number of aromatic nitrogens is 1. The van der Waals surface area contributed by atoms with Gasteiger partial charge in [0.25, 0.3) is 0 Å². The number of hydrogen-bond donors (Lipinski definition) is 1. The number of nitrogens with two attached hydrogens (primary N) is 1. The molecular formula is C20H14N4O2. The molecule has 3 aromatic rings. The highest BCUT2D eigenvalue weighted by molar-refractivity contribution is 6.12. The summed E-state index contributed by atoms with van der Waals surface area (Å²) in [6.07, 6.45) is 1.52. The summed E-state index contributed by atoms with van der Waals surface area (Å²) in [7, 11) is 1.53. The van der Waals surface area contributed by atoms with Gasteiger partial charge in [0, 0.05) is 11.8 Å². The Morgan fingerprint density at radius 3 is 2.38 bits per heavy atom. The molecule has 0 saturated carbocycles. The number of ketones is 1. The topological polar surface area (TPSA) is 105 Å². The molecule has 0 unspecified atom stereocenters. The molecule has 1 aromatic heterocycles. The van der Waals surface area contributed by atoms with Crippen LogP contribution < -0.4 is 10.5 Å². The molecule has 0 radical (unpaired) electrons. The van der Waals surface area contributed by atoms with Gasteiger partial charge in [0.1, 0.15) is 17.5 Å². The summed E-state index contributed by atoms with van der Waals surface area (Å²) in [4.78, 5) is 13.1. The number of nitrogen functional groups attached to an aromatic ring is 1. The lowest BCUT2D eigenvalue weighted by atomic mass is 10.0. The minimum absolute atomic E-state index is 0.104. The van der Waals surface area contributed by atoms with Gasteiger partial charge in [0.05, 0.1) is 35.7 Å². The van der Waals surface area contributed by atoms with Crippen LogP contribution >= 0.6 is 0 Å². The Hall–Kier alpha value is -4.03. The second kappa shape index (κ2) is 6.84. The molecule has 0 saturated heterocycles. The molecule has 2 N–H and O–H groups in total. The minimum Gasteiger partial charge on any atom is -0.495 e. The number of nitrogens with zero attached hydrogens (tertiary/aromatic N) is 3. The first-order valence-electron chi connectivity index (χ1n) is 7.70. The van der Waals surface area contributed by atoms with Gasteiger partial charge in [-0.2, -0.15) is 10.5 Å². The van der Waals surface area contributed by atoms with Gasteiger partial charge in [0.15, 0.2) is 0 Å². The van der Waals surface area contributed by atoms with E-state index in [1.165, 1.54) is 13.3 Å². The first kappa shape index (κ1) is 16.8. The molecule has 0 atom stereocenters. The fraction of sp³-hybridized carbons (Fsp3) is 0.0500. The molecule has 0 amide bonds. The van der Waals surface area contributed by atoms with Crippen LogP contribution in [0.2, 0.25) is 0 Å². The van der Waals surface area contributed by atoms with Gasteiger partial charge in [-0.05, 0) is 36.4 Å². The lowest BCUT2D eigenvalue weighted by Gasteiger charge is -2.13. The van der Waals surface area contributed by atoms with E-state index < -0.39 is 0 Å². The zero-order chi connectivity index (χ0) is 18.7. The average Bonchev–Trinajstić information content (AvgIpc) is 3.03. The van der Waals surface area contributed by atoms with E-state index in [4.69, 9.17) is 15.7 Å². The van der Waals surface area contributed by atoms with Gasteiger partial charge < -0.3 is 15.0 Å². The summed E-state index contributed by atoms with van der Waals surface area (Å²) in [5.74, 6) is 0.195. The summed E-state index contributed by atoms with van der Waals surface area (Å²) in [5.41, 5.74) is 7.98. The zero-order valence-electron chi connectivity index (χ0n) is 13.9. The van der Waals surface area contributed by atoms with Crippen LogP contribution in [0.25, 0.3) is 5.69 Å². The molecule has 1 heterocycles. The summed E-state index contributed by atoms with van der Waals surface area (Å²) in [6.45, 7) is 0. The maximum absolute atomic E-state index is 13.1. The first-order valence-corrected chi connectivity index (χ1v) is 7.70. The summed E-state index contributed by atoms with van der Waals surface area (Å²) < 4.78 is 6.92. The van der Waals surface area contributed by atoms with E-state index >= 15 is 0 Å². The minimum atomic E-state index is -0.348. The number of methoxy groups -OCH3 is 1. The molecule has 26 heavy (non-hydrogen) atoms. The maximum atomic E-state index is 13.1. The summed E-state index contributed by atoms with van der Waals surface area (Å²) >= 11 is 0. The number of para-hydroxylation sites is 2. The van der Waals surface area contributed by atoms with E-state index in [1.54, 1.807) is 47.0 Å². The molecule has 6 heteroatoms. The van der Waals surface area contributed by atoms with Crippen molar-refractivity contribution < 1.29 is 9.53 Å². The lowest BCUT2D eigenvalue weighted by Crippen LogP contribution is -2.11. The van der Waals surface area contributed by atoms with Crippen LogP contribution in [0.4, 0.5) is 5.69 Å². The third-order valence-electron chi connectivity index (χ3n) is 4.00. The quantitative estimate of drug-likeness (QED) is 0.734. The smallest absolute Gasteiger partial charge is 0.211 e. The average molecular weight is 342 g/mol. The molecule has 0 fully saturated rings. The van der Waals surface area contributed by atoms with Crippen LogP contribution in [0.15, 0.2) is 54.7 Å². The van der Waals surface area contributed by atoms with Gasteiger partial charge in [-0.3, -0.25) is 4.79 Å². The first-order chi connectivity index (χ1) is 12.6. The zero-order valence-corrected chi connectivity index (χ0v) is 13.9. The predicted octanol–water partition coefficient (Wildman–Crippen LogP) is 3.04. The highest BCUT2D eigenvalue weighted by Gasteiger charge is 2.23. The predicted molar refractivity (Wildman–Crippen MR) is 96.0 cm³/mol. The van der Waals surface area contributed by atoms with Crippen molar-refractivity contribution in [2.75, 3.05) is 12.8 Å². The van der Waals surface area contributed by atoms with Crippen molar-refractivity contribution in [3.8, 4) is 23.6 Å². The molecule has 0 spiro atoms. The fourth-order valence-electron chi connectivity index (χ4n) is 2.69. The number of carbonyl (C=O) groups is 1. The Balaban J connectivity index is 2.20. The maximum Gasteiger partial charge on any atom is 0.211 e. The largest absolute Gasteiger partial charge is 0.495 e. The second-order valence-electron chi connectivity index (χ2n) is 5.48. The van der Waals surface area contributed by atoms with Crippen LogP contribution in [0.3, 0.4) is 0 Å². The van der Waals surface area contributed by atoms with Gasteiger partial charge in [-0.15, -0.1) is 0 Å². The molecule has 2 aromatic carbocycles. The highest BCUT2D eigenvalue weighted by Crippen LogP contribution is 2.30. The van der Waals surface area contributed by atoms with Crippen molar-refractivity contribution in [3.05, 3.63) is 77.1 Å². The van der Waals surface area contributed by atoms with Crippen molar-refractivity contribution in [1.29, 1.82) is 10.5 Å². The van der Waals surface area contributed by atoms with E-state index in [0.717, 1.165) is 0 Å². The van der Waals surface area contributed by atoms with Gasteiger partial charge >= 0.3 is 0 Å². The van der Waals surface area contributed by atoms with E-state index in [1.807, 2.05) is 18.2 Å². The van der Waals surface area contributed by atoms with Crippen LogP contribution in [-0.2, 0) is 0 Å².